The molecule has 0 spiro atoms. The third-order valence-corrected chi connectivity index (χ3v) is 3.94. The number of hydrogen-bond donors (Lipinski definition) is 2. The Hall–Kier alpha value is -3.16. The molecule has 3 aromatic rings. The van der Waals surface area contributed by atoms with Crippen LogP contribution in [-0.4, -0.2) is 21.5 Å². The van der Waals surface area contributed by atoms with Crippen LogP contribution >= 0.6 is 0 Å². The van der Waals surface area contributed by atoms with Gasteiger partial charge in [-0.3, -0.25) is 4.98 Å². The summed E-state index contributed by atoms with van der Waals surface area (Å²) in [4.78, 5) is 11.8. The van der Waals surface area contributed by atoms with Crippen molar-refractivity contribution < 1.29 is 13.2 Å². The van der Waals surface area contributed by atoms with E-state index in [4.69, 9.17) is 0 Å². The van der Waals surface area contributed by atoms with Crippen molar-refractivity contribution in [2.24, 2.45) is 0 Å². The van der Waals surface area contributed by atoms with E-state index in [1.54, 1.807) is 12.1 Å². The molecule has 0 fully saturated rings. The number of halogens is 3. The Bertz CT molecular complexity index is 896. The predicted octanol–water partition coefficient (Wildman–Crippen LogP) is 4.99. The zero-order chi connectivity index (χ0) is 20.0. The molecule has 0 amide bonds. The van der Waals surface area contributed by atoms with Crippen molar-refractivity contribution in [3.05, 3.63) is 66.1 Å². The van der Waals surface area contributed by atoms with E-state index in [0.29, 0.717) is 12.1 Å². The van der Waals surface area contributed by atoms with Gasteiger partial charge in [0.1, 0.15) is 5.82 Å². The number of hydrogen-bond acceptors (Lipinski definition) is 5. The van der Waals surface area contributed by atoms with Gasteiger partial charge in [-0.1, -0.05) is 19.1 Å². The van der Waals surface area contributed by atoms with Crippen LogP contribution in [0, 0.1) is 0 Å². The third-order valence-electron chi connectivity index (χ3n) is 3.94. The van der Waals surface area contributed by atoms with E-state index in [2.05, 4.69) is 32.5 Å². The van der Waals surface area contributed by atoms with E-state index in [-0.39, 0.29) is 11.6 Å². The van der Waals surface area contributed by atoms with E-state index in [0.717, 1.165) is 30.3 Å². The fourth-order valence-corrected chi connectivity index (χ4v) is 2.51. The average Bonchev–Trinajstić information content (AvgIpc) is 2.71. The van der Waals surface area contributed by atoms with Crippen molar-refractivity contribution in [3.63, 3.8) is 0 Å². The van der Waals surface area contributed by atoms with Gasteiger partial charge in [0.15, 0.2) is 11.5 Å². The van der Waals surface area contributed by atoms with Crippen LogP contribution in [0.4, 0.5) is 24.7 Å². The molecule has 3 rings (SSSR count). The average molecular weight is 387 g/mol. The Balaban J connectivity index is 1.79. The maximum Gasteiger partial charge on any atom is 0.433 e. The second kappa shape index (κ2) is 8.69. The van der Waals surface area contributed by atoms with Gasteiger partial charge in [-0.2, -0.15) is 13.2 Å². The largest absolute Gasteiger partial charge is 0.433 e. The van der Waals surface area contributed by atoms with Gasteiger partial charge < -0.3 is 10.6 Å². The van der Waals surface area contributed by atoms with Gasteiger partial charge in [0.05, 0.1) is 0 Å². The van der Waals surface area contributed by atoms with Crippen molar-refractivity contribution in [2.45, 2.75) is 26.1 Å². The van der Waals surface area contributed by atoms with E-state index in [9.17, 15) is 13.2 Å². The summed E-state index contributed by atoms with van der Waals surface area (Å²) in [5.41, 5.74) is 1.36. The molecular formula is C20H20F3N5. The van der Waals surface area contributed by atoms with Crippen molar-refractivity contribution in [1.29, 1.82) is 0 Å². The van der Waals surface area contributed by atoms with Crippen LogP contribution in [0.5, 0.6) is 0 Å². The van der Waals surface area contributed by atoms with Crippen molar-refractivity contribution >= 4 is 11.5 Å². The number of nitrogens with zero attached hydrogens (tertiary/aromatic N) is 3. The van der Waals surface area contributed by atoms with Gasteiger partial charge in [-0.15, -0.1) is 0 Å². The Morgan fingerprint density at radius 3 is 2.43 bits per heavy atom. The van der Waals surface area contributed by atoms with Gasteiger partial charge in [-0.25, -0.2) is 9.97 Å². The minimum Gasteiger partial charge on any atom is -0.385 e. The summed E-state index contributed by atoms with van der Waals surface area (Å²) in [6.07, 6.45) is -0.572. The zero-order valence-corrected chi connectivity index (χ0v) is 15.3. The molecule has 0 aliphatic carbocycles. The summed E-state index contributed by atoms with van der Waals surface area (Å²) in [7, 11) is 0. The van der Waals surface area contributed by atoms with Crippen LogP contribution < -0.4 is 10.6 Å². The van der Waals surface area contributed by atoms with Gasteiger partial charge in [0.25, 0.3) is 0 Å². The molecule has 0 radical (unpaired) electrons. The summed E-state index contributed by atoms with van der Waals surface area (Å²) < 4.78 is 39.7. The smallest absolute Gasteiger partial charge is 0.385 e. The lowest BCUT2D eigenvalue weighted by molar-refractivity contribution is -0.141. The lowest BCUT2D eigenvalue weighted by Gasteiger charge is -2.12. The second-order valence-electron chi connectivity index (χ2n) is 6.18. The highest BCUT2D eigenvalue weighted by Gasteiger charge is 2.33. The highest BCUT2D eigenvalue weighted by molar-refractivity contribution is 5.56. The van der Waals surface area contributed by atoms with Gasteiger partial charge >= 0.3 is 6.18 Å². The maximum atomic E-state index is 13.2. The molecular weight excluding hydrogens is 367 g/mol. The normalized spacial score (nSPS) is 11.3. The molecule has 5 nitrogen and oxygen atoms in total. The zero-order valence-electron chi connectivity index (χ0n) is 15.3. The van der Waals surface area contributed by atoms with Crippen molar-refractivity contribution in [1.82, 2.24) is 15.0 Å². The molecule has 0 saturated carbocycles. The monoisotopic (exact) mass is 387 g/mol. The van der Waals surface area contributed by atoms with Crippen LogP contribution in [0.2, 0.25) is 0 Å². The molecule has 1 aromatic carbocycles. The Labute approximate surface area is 161 Å². The van der Waals surface area contributed by atoms with Gasteiger partial charge in [0, 0.05) is 42.8 Å². The fourth-order valence-electron chi connectivity index (χ4n) is 2.51. The first kappa shape index (κ1) is 19.6. The van der Waals surface area contributed by atoms with E-state index >= 15 is 0 Å². The topological polar surface area (TPSA) is 62.7 Å². The molecule has 2 aromatic heterocycles. The number of aromatic nitrogens is 3. The molecule has 8 heteroatoms. The first-order valence-electron chi connectivity index (χ1n) is 8.89. The predicted molar refractivity (Wildman–Crippen MR) is 103 cm³/mol. The number of anilines is 2. The minimum atomic E-state index is -4.57. The Morgan fingerprint density at radius 2 is 1.79 bits per heavy atom. The number of rotatable bonds is 7. The lowest BCUT2D eigenvalue weighted by atomic mass is 10.2. The fraction of sp³-hybridized carbons (Fsp3) is 0.250. The minimum absolute atomic E-state index is 0.0236. The molecule has 0 atom stereocenters. The number of nitrogens with one attached hydrogen (secondary N) is 2. The summed E-state index contributed by atoms with van der Waals surface area (Å²) in [6.45, 7) is 3.31. The second-order valence-corrected chi connectivity index (χ2v) is 6.18. The van der Waals surface area contributed by atoms with Gasteiger partial charge in [0.2, 0.25) is 0 Å². The molecule has 146 valence electrons. The van der Waals surface area contributed by atoms with Crippen LogP contribution in [0.3, 0.4) is 0 Å². The first-order chi connectivity index (χ1) is 13.5. The standard InChI is InChI=1S/C20H20F3N5/c1-2-9-25-16-7-5-14(6-8-16)12-26-18-11-17(20(21,22)23)27-19(28-18)15-4-3-10-24-13-15/h3-8,10-11,13,25H,2,9,12H2,1H3,(H,26,27,28). The van der Waals surface area contributed by atoms with Crippen LogP contribution in [-0.2, 0) is 12.7 Å². The van der Waals surface area contributed by atoms with E-state index < -0.39 is 11.9 Å². The summed E-state index contributed by atoms with van der Waals surface area (Å²) in [5, 5.41) is 6.23. The van der Waals surface area contributed by atoms with Crippen LogP contribution in [0.1, 0.15) is 24.6 Å². The molecule has 2 N–H and O–H groups in total. The number of benzene rings is 1. The maximum absolute atomic E-state index is 13.2. The molecule has 0 bridgehead atoms. The summed E-state index contributed by atoms with van der Waals surface area (Å²) in [5.74, 6) is 0.0823. The van der Waals surface area contributed by atoms with Gasteiger partial charge in [-0.05, 0) is 36.2 Å². The third kappa shape index (κ3) is 5.18. The van der Waals surface area contributed by atoms with E-state index in [1.165, 1.54) is 12.4 Å². The highest BCUT2D eigenvalue weighted by atomic mass is 19.4. The first-order valence-corrected chi connectivity index (χ1v) is 8.89. The Morgan fingerprint density at radius 1 is 1.00 bits per heavy atom. The van der Waals surface area contributed by atoms with Crippen LogP contribution in [0.25, 0.3) is 11.4 Å². The Kier molecular flexibility index (Phi) is 6.08. The van der Waals surface area contributed by atoms with E-state index in [1.807, 2.05) is 24.3 Å². The van der Waals surface area contributed by atoms with Crippen molar-refractivity contribution in [2.75, 3.05) is 17.2 Å². The van der Waals surface area contributed by atoms with Crippen molar-refractivity contribution in [3.8, 4) is 11.4 Å². The SMILES string of the molecule is CCCNc1ccc(CNc2cc(C(F)(F)F)nc(-c3cccnc3)n2)cc1. The molecule has 0 saturated heterocycles. The molecule has 0 unspecified atom stereocenters. The quantitative estimate of drug-likeness (QED) is 0.598. The summed E-state index contributed by atoms with van der Waals surface area (Å²) >= 11 is 0. The number of alkyl halides is 3. The number of pyridine rings is 1. The highest BCUT2D eigenvalue weighted by Crippen LogP contribution is 2.30. The molecule has 0 aliphatic rings. The molecule has 0 aliphatic heterocycles. The van der Waals surface area contributed by atoms with Crippen LogP contribution in [0.15, 0.2) is 54.9 Å². The summed E-state index contributed by atoms with van der Waals surface area (Å²) in [6, 6.07) is 11.9. The molecule has 28 heavy (non-hydrogen) atoms. The lowest BCUT2D eigenvalue weighted by Crippen LogP contribution is -2.12. The molecule has 2 heterocycles.